The van der Waals surface area contributed by atoms with Gasteiger partial charge in [0, 0.05) is 23.5 Å². The Labute approximate surface area is 132 Å². The van der Waals surface area contributed by atoms with Crippen LogP contribution in [0.5, 0.6) is 0 Å². The molecule has 0 spiro atoms. The summed E-state index contributed by atoms with van der Waals surface area (Å²) in [7, 11) is 0. The highest BCUT2D eigenvalue weighted by Gasteiger charge is 2.15. The zero-order chi connectivity index (χ0) is 16.1. The number of furan rings is 1. The number of unbranched alkanes of at least 4 members (excludes halogenated alkanes) is 1. The molecular weight excluding hydrogens is 276 g/mol. The van der Waals surface area contributed by atoms with Crippen LogP contribution in [-0.4, -0.2) is 18.5 Å². The van der Waals surface area contributed by atoms with E-state index in [4.69, 9.17) is 10.2 Å². The Kier molecular flexibility index (Phi) is 5.61. The summed E-state index contributed by atoms with van der Waals surface area (Å²) in [5, 5.41) is 4.05. The maximum absolute atomic E-state index is 12.2. The Bertz CT molecular complexity index is 646. The molecule has 1 atom stereocenters. The number of nitrogens with one attached hydrogen (secondary N) is 1. The van der Waals surface area contributed by atoms with E-state index < -0.39 is 0 Å². The van der Waals surface area contributed by atoms with Crippen LogP contribution < -0.4 is 11.1 Å². The zero-order valence-electron chi connectivity index (χ0n) is 13.7. The lowest BCUT2D eigenvalue weighted by molar-refractivity contribution is -0.121. The fraction of sp³-hybridized carbons (Fsp3) is 0.500. The molecule has 1 unspecified atom stereocenters. The van der Waals surface area contributed by atoms with Gasteiger partial charge in [0.1, 0.15) is 5.58 Å². The normalized spacial score (nSPS) is 12.5. The summed E-state index contributed by atoms with van der Waals surface area (Å²) in [6.45, 7) is 6.72. The van der Waals surface area contributed by atoms with E-state index in [1.807, 2.05) is 13.0 Å². The van der Waals surface area contributed by atoms with E-state index >= 15 is 0 Å². The van der Waals surface area contributed by atoms with Gasteiger partial charge in [-0.25, -0.2) is 0 Å². The summed E-state index contributed by atoms with van der Waals surface area (Å²) in [5.41, 5.74) is 9.87. The standard InChI is InChI=1S/C18H26N2O2/c1-4-5-6-15(10-19)20-17(21)9-14-11-22-18-13(3)12(2)7-8-16(14)18/h7-8,11,15H,4-6,9-10,19H2,1-3H3,(H,20,21). The number of amides is 1. The van der Waals surface area contributed by atoms with Gasteiger partial charge in [-0.3, -0.25) is 4.79 Å². The van der Waals surface area contributed by atoms with Crippen molar-refractivity contribution >= 4 is 16.9 Å². The molecule has 2 rings (SSSR count). The van der Waals surface area contributed by atoms with Gasteiger partial charge < -0.3 is 15.5 Å². The van der Waals surface area contributed by atoms with E-state index in [0.29, 0.717) is 13.0 Å². The molecule has 2 aromatic rings. The number of carbonyl (C=O) groups is 1. The van der Waals surface area contributed by atoms with Crippen LogP contribution in [0.3, 0.4) is 0 Å². The van der Waals surface area contributed by atoms with Crippen molar-refractivity contribution < 1.29 is 9.21 Å². The van der Waals surface area contributed by atoms with Crippen molar-refractivity contribution in [2.75, 3.05) is 6.54 Å². The number of hydrogen-bond donors (Lipinski definition) is 2. The van der Waals surface area contributed by atoms with E-state index in [-0.39, 0.29) is 11.9 Å². The fourth-order valence-corrected chi connectivity index (χ4v) is 2.68. The summed E-state index contributed by atoms with van der Waals surface area (Å²) in [5.74, 6) is 0.00693. The molecule has 0 saturated carbocycles. The highest BCUT2D eigenvalue weighted by molar-refractivity contribution is 5.89. The van der Waals surface area contributed by atoms with Crippen LogP contribution in [-0.2, 0) is 11.2 Å². The molecule has 0 saturated heterocycles. The number of rotatable bonds is 7. The van der Waals surface area contributed by atoms with Gasteiger partial charge in [-0.15, -0.1) is 0 Å². The van der Waals surface area contributed by atoms with Gasteiger partial charge in [-0.2, -0.15) is 0 Å². The second-order valence-corrected chi connectivity index (χ2v) is 5.96. The Hall–Kier alpha value is -1.81. The molecule has 0 aliphatic rings. The first-order chi connectivity index (χ1) is 10.6. The van der Waals surface area contributed by atoms with Crippen molar-refractivity contribution in [3.05, 3.63) is 35.1 Å². The summed E-state index contributed by atoms with van der Waals surface area (Å²) in [4.78, 5) is 12.2. The van der Waals surface area contributed by atoms with Crippen LogP contribution >= 0.6 is 0 Å². The van der Waals surface area contributed by atoms with E-state index in [1.165, 1.54) is 5.56 Å². The Morgan fingerprint density at radius 2 is 2.14 bits per heavy atom. The fourth-order valence-electron chi connectivity index (χ4n) is 2.68. The second kappa shape index (κ2) is 7.45. The maximum atomic E-state index is 12.2. The molecule has 0 bridgehead atoms. The lowest BCUT2D eigenvalue weighted by Gasteiger charge is -2.16. The Morgan fingerprint density at radius 1 is 1.36 bits per heavy atom. The SMILES string of the molecule is CCCCC(CN)NC(=O)Cc1coc2c(C)c(C)ccc12. The average molecular weight is 302 g/mol. The first kappa shape index (κ1) is 16.6. The number of carbonyl (C=O) groups excluding carboxylic acids is 1. The number of fused-ring (bicyclic) bond motifs is 1. The lowest BCUT2D eigenvalue weighted by Crippen LogP contribution is -2.40. The molecule has 1 heterocycles. The lowest BCUT2D eigenvalue weighted by atomic mass is 10.0. The molecule has 0 aliphatic carbocycles. The van der Waals surface area contributed by atoms with Gasteiger partial charge >= 0.3 is 0 Å². The Morgan fingerprint density at radius 3 is 2.82 bits per heavy atom. The maximum Gasteiger partial charge on any atom is 0.224 e. The topological polar surface area (TPSA) is 68.3 Å². The van der Waals surface area contributed by atoms with Gasteiger partial charge in [0.15, 0.2) is 0 Å². The summed E-state index contributed by atoms with van der Waals surface area (Å²) in [6.07, 6.45) is 5.15. The highest BCUT2D eigenvalue weighted by Crippen LogP contribution is 2.26. The first-order valence-electron chi connectivity index (χ1n) is 8.02. The zero-order valence-corrected chi connectivity index (χ0v) is 13.7. The molecule has 120 valence electrons. The van der Waals surface area contributed by atoms with Crippen LogP contribution in [0.1, 0.15) is 42.9 Å². The minimum absolute atomic E-state index is 0.00693. The third-order valence-electron chi connectivity index (χ3n) is 4.25. The van der Waals surface area contributed by atoms with E-state index in [0.717, 1.165) is 41.4 Å². The number of aryl methyl sites for hydroxylation is 2. The summed E-state index contributed by atoms with van der Waals surface area (Å²) < 4.78 is 5.65. The van der Waals surface area contributed by atoms with Gasteiger partial charge in [-0.1, -0.05) is 31.9 Å². The molecule has 1 amide bonds. The van der Waals surface area contributed by atoms with Crippen molar-refractivity contribution in [1.29, 1.82) is 0 Å². The number of benzene rings is 1. The number of nitrogens with two attached hydrogens (primary N) is 1. The third kappa shape index (κ3) is 3.69. The van der Waals surface area contributed by atoms with Crippen molar-refractivity contribution in [1.82, 2.24) is 5.32 Å². The second-order valence-electron chi connectivity index (χ2n) is 5.96. The predicted molar refractivity (Wildman–Crippen MR) is 89.9 cm³/mol. The molecule has 3 N–H and O–H groups in total. The van der Waals surface area contributed by atoms with Gasteiger partial charge in [-0.05, 0) is 31.4 Å². The molecule has 1 aromatic heterocycles. The largest absolute Gasteiger partial charge is 0.464 e. The van der Waals surface area contributed by atoms with Crippen LogP contribution in [0.15, 0.2) is 22.8 Å². The van der Waals surface area contributed by atoms with Gasteiger partial charge in [0.25, 0.3) is 0 Å². The van der Waals surface area contributed by atoms with E-state index in [2.05, 4.69) is 25.2 Å². The predicted octanol–water partition coefficient (Wildman–Crippen LogP) is 3.23. The molecule has 4 heteroatoms. The summed E-state index contributed by atoms with van der Waals surface area (Å²) >= 11 is 0. The smallest absolute Gasteiger partial charge is 0.224 e. The van der Waals surface area contributed by atoms with Crippen LogP contribution in [0, 0.1) is 13.8 Å². The molecule has 22 heavy (non-hydrogen) atoms. The van der Waals surface area contributed by atoms with Crippen molar-refractivity contribution in [2.24, 2.45) is 5.73 Å². The average Bonchev–Trinajstić information content (AvgIpc) is 2.90. The molecule has 0 radical (unpaired) electrons. The van der Waals surface area contributed by atoms with Gasteiger partial charge in [0.05, 0.1) is 12.7 Å². The summed E-state index contributed by atoms with van der Waals surface area (Å²) in [6, 6.07) is 4.16. The minimum Gasteiger partial charge on any atom is -0.464 e. The monoisotopic (exact) mass is 302 g/mol. The Balaban J connectivity index is 2.07. The molecule has 0 fully saturated rings. The minimum atomic E-state index is 0.00693. The van der Waals surface area contributed by atoms with Crippen LogP contribution in [0.2, 0.25) is 0 Å². The van der Waals surface area contributed by atoms with E-state index in [1.54, 1.807) is 6.26 Å². The molecule has 4 nitrogen and oxygen atoms in total. The molecule has 1 aromatic carbocycles. The van der Waals surface area contributed by atoms with Crippen molar-refractivity contribution in [2.45, 2.75) is 52.5 Å². The van der Waals surface area contributed by atoms with Crippen LogP contribution in [0.25, 0.3) is 11.0 Å². The third-order valence-corrected chi connectivity index (χ3v) is 4.25. The van der Waals surface area contributed by atoms with Crippen LogP contribution in [0.4, 0.5) is 0 Å². The van der Waals surface area contributed by atoms with Crippen molar-refractivity contribution in [3.8, 4) is 0 Å². The highest BCUT2D eigenvalue weighted by atomic mass is 16.3. The van der Waals surface area contributed by atoms with Gasteiger partial charge in [0.2, 0.25) is 5.91 Å². The van der Waals surface area contributed by atoms with E-state index in [9.17, 15) is 4.79 Å². The first-order valence-corrected chi connectivity index (χ1v) is 8.02. The number of hydrogen-bond acceptors (Lipinski definition) is 3. The molecular formula is C18H26N2O2. The quantitative estimate of drug-likeness (QED) is 0.825. The molecule has 0 aliphatic heterocycles. The van der Waals surface area contributed by atoms with Crippen molar-refractivity contribution in [3.63, 3.8) is 0 Å².